The molecule has 0 radical (unpaired) electrons. The van der Waals surface area contributed by atoms with Gasteiger partial charge in [-0.3, -0.25) is 14.8 Å². The first-order valence-corrected chi connectivity index (χ1v) is 12.3. The van der Waals surface area contributed by atoms with Gasteiger partial charge in [0.15, 0.2) is 5.75 Å². The van der Waals surface area contributed by atoms with Crippen LogP contribution in [-0.2, 0) is 20.0 Å². The number of nitrogens with zero attached hydrogens (tertiary/aromatic N) is 4. The lowest BCUT2D eigenvalue weighted by atomic mass is 10.0. The third-order valence-corrected chi connectivity index (χ3v) is 7.53. The van der Waals surface area contributed by atoms with E-state index in [-0.39, 0.29) is 5.56 Å². The number of rotatable bonds is 6. The first-order valence-electron chi connectivity index (χ1n) is 10.9. The quantitative estimate of drug-likeness (QED) is 0.591. The van der Waals surface area contributed by atoms with E-state index < -0.39 is 0 Å². The van der Waals surface area contributed by atoms with Gasteiger partial charge in [0.2, 0.25) is 0 Å². The van der Waals surface area contributed by atoms with Gasteiger partial charge in [-0.2, -0.15) is 0 Å². The summed E-state index contributed by atoms with van der Waals surface area (Å²) < 4.78 is 7.15. The second-order valence-electron chi connectivity index (χ2n) is 8.32. The van der Waals surface area contributed by atoms with Crippen LogP contribution in [0, 0.1) is 0 Å². The van der Waals surface area contributed by atoms with Crippen molar-refractivity contribution in [2.24, 2.45) is 7.05 Å². The molecule has 0 atom stereocenters. The lowest BCUT2D eigenvalue weighted by Gasteiger charge is -2.32. The van der Waals surface area contributed by atoms with Crippen molar-refractivity contribution in [1.29, 1.82) is 0 Å². The fourth-order valence-electron chi connectivity index (χ4n) is 4.46. The molecule has 0 aliphatic carbocycles. The SMILES string of the molecule is Cn1c(=O)ccc2ncc(Cl)c(CCN3CCC(NCc4cc5c(cn4)OCS5)CC3)c21. The number of fused-ring (bicyclic) bond motifs is 2. The predicted molar refractivity (Wildman–Crippen MR) is 128 cm³/mol. The minimum atomic E-state index is -0.0429. The molecule has 32 heavy (non-hydrogen) atoms. The van der Waals surface area contributed by atoms with Crippen LogP contribution in [0.3, 0.4) is 0 Å². The maximum absolute atomic E-state index is 12.1. The molecule has 9 heteroatoms. The molecule has 3 aromatic heterocycles. The summed E-state index contributed by atoms with van der Waals surface area (Å²) in [5.41, 5.74) is 3.67. The van der Waals surface area contributed by atoms with Gasteiger partial charge in [-0.25, -0.2) is 0 Å². The van der Waals surface area contributed by atoms with E-state index in [1.807, 2.05) is 6.20 Å². The van der Waals surface area contributed by atoms with Crippen LogP contribution in [0.2, 0.25) is 5.02 Å². The van der Waals surface area contributed by atoms with Crippen LogP contribution < -0.4 is 15.6 Å². The largest absolute Gasteiger partial charge is 0.480 e. The van der Waals surface area contributed by atoms with Crippen molar-refractivity contribution in [3.05, 3.63) is 57.2 Å². The number of aromatic nitrogens is 3. The fraction of sp³-hybridized carbons (Fsp3) is 0.435. The molecular formula is C23H26ClN5O2S. The van der Waals surface area contributed by atoms with Crippen LogP contribution in [0.1, 0.15) is 24.1 Å². The van der Waals surface area contributed by atoms with Crippen LogP contribution >= 0.6 is 23.4 Å². The highest BCUT2D eigenvalue weighted by atomic mass is 35.5. The van der Waals surface area contributed by atoms with Crippen LogP contribution in [0.5, 0.6) is 5.75 Å². The van der Waals surface area contributed by atoms with E-state index in [9.17, 15) is 4.79 Å². The summed E-state index contributed by atoms with van der Waals surface area (Å²) in [6.07, 6.45) is 6.53. The summed E-state index contributed by atoms with van der Waals surface area (Å²) in [5, 5.41) is 4.29. The molecule has 1 saturated heterocycles. The van der Waals surface area contributed by atoms with E-state index >= 15 is 0 Å². The lowest BCUT2D eigenvalue weighted by Crippen LogP contribution is -2.43. The number of thioether (sulfide) groups is 1. The number of halogens is 1. The van der Waals surface area contributed by atoms with E-state index in [1.54, 1.807) is 41.7 Å². The Morgan fingerprint density at radius 2 is 2.09 bits per heavy atom. The summed E-state index contributed by atoms with van der Waals surface area (Å²) in [6.45, 7) is 3.78. The van der Waals surface area contributed by atoms with E-state index in [0.717, 1.165) is 73.5 Å². The van der Waals surface area contributed by atoms with Crippen molar-refractivity contribution in [3.8, 4) is 5.75 Å². The second kappa shape index (κ2) is 9.39. The smallest absolute Gasteiger partial charge is 0.250 e. The Morgan fingerprint density at radius 1 is 1.25 bits per heavy atom. The molecule has 0 amide bonds. The number of likely N-dealkylation sites (tertiary alicyclic amines) is 1. The molecule has 3 aromatic rings. The van der Waals surface area contributed by atoms with Gasteiger partial charge in [-0.15, -0.1) is 0 Å². The zero-order valence-electron chi connectivity index (χ0n) is 18.0. The molecule has 5 rings (SSSR count). The number of hydrogen-bond acceptors (Lipinski definition) is 7. The zero-order valence-corrected chi connectivity index (χ0v) is 19.6. The summed E-state index contributed by atoms with van der Waals surface area (Å²) in [6, 6.07) is 5.95. The van der Waals surface area contributed by atoms with Gasteiger partial charge >= 0.3 is 0 Å². The Kier molecular flexibility index (Phi) is 6.37. The monoisotopic (exact) mass is 471 g/mol. The Morgan fingerprint density at radius 3 is 2.94 bits per heavy atom. The van der Waals surface area contributed by atoms with Gasteiger partial charge in [0.25, 0.3) is 5.56 Å². The Hall–Kier alpha value is -2.13. The summed E-state index contributed by atoms with van der Waals surface area (Å²) in [4.78, 5) is 24.7. The Bertz CT molecular complexity index is 1190. The summed E-state index contributed by atoms with van der Waals surface area (Å²) in [5.74, 6) is 1.58. The maximum atomic E-state index is 12.1. The van der Waals surface area contributed by atoms with Crippen molar-refractivity contribution >= 4 is 34.4 Å². The van der Waals surface area contributed by atoms with Gasteiger partial charge in [-0.05, 0) is 50.0 Å². The normalized spacial score (nSPS) is 16.9. The molecule has 0 spiro atoms. The third kappa shape index (κ3) is 4.50. The van der Waals surface area contributed by atoms with E-state index in [0.29, 0.717) is 17.0 Å². The minimum Gasteiger partial charge on any atom is -0.480 e. The van der Waals surface area contributed by atoms with Crippen molar-refractivity contribution in [2.75, 3.05) is 25.6 Å². The molecular weight excluding hydrogens is 446 g/mol. The molecule has 1 N–H and O–H groups in total. The molecule has 0 unspecified atom stereocenters. The van der Waals surface area contributed by atoms with E-state index in [4.69, 9.17) is 16.3 Å². The van der Waals surface area contributed by atoms with Gasteiger partial charge < -0.3 is 19.5 Å². The van der Waals surface area contributed by atoms with Crippen molar-refractivity contribution in [3.63, 3.8) is 0 Å². The number of nitrogens with one attached hydrogen (secondary N) is 1. The molecule has 0 bridgehead atoms. The maximum Gasteiger partial charge on any atom is 0.250 e. The average Bonchev–Trinajstić information content (AvgIpc) is 3.28. The average molecular weight is 472 g/mol. The summed E-state index contributed by atoms with van der Waals surface area (Å²) >= 11 is 8.20. The molecule has 2 aliphatic heterocycles. The number of pyridine rings is 3. The second-order valence-corrected chi connectivity index (χ2v) is 9.70. The van der Waals surface area contributed by atoms with Crippen molar-refractivity contribution in [1.82, 2.24) is 24.8 Å². The van der Waals surface area contributed by atoms with Gasteiger partial charge in [0.1, 0.15) is 5.94 Å². The first-order chi connectivity index (χ1) is 15.6. The van der Waals surface area contributed by atoms with Gasteiger partial charge in [0, 0.05) is 38.4 Å². The lowest BCUT2D eigenvalue weighted by molar-refractivity contribution is 0.199. The number of aryl methyl sites for hydroxylation is 1. The van der Waals surface area contributed by atoms with Crippen LogP contribution in [0.15, 0.2) is 40.3 Å². The van der Waals surface area contributed by atoms with Crippen LogP contribution in [0.4, 0.5) is 0 Å². The van der Waals surface area contributed by atoms with E-state index in [2.05, 4.69) is 26.3 Å². The van der Waals surface area contributed by atoms with E-state index in [1.165, 1.54) is 4.90 Å². The molecule has 168 valence electrons. The number of hydrogen-bond donors (Lipinski definition) is 1. The van der Waals surface area contributed by atoms with Crippen molar-refractivity contribution < 1.29 is 4.74 Å². The van der Waals surface area contributed by atoms with Gasteiger partial charge in [0.05, 0.1) is 32.8 Å². The van der Waals surface area contributed by atoms with Crippen molar-refractivity contribution in [2.45, 2.75) is 36.7 Å². The Labute approximate surface area is 196 Å². The molecule has 0 saturated carbocycles. The standard InChI is InChI=1S/C23H26ClN5O2S/c1-28-22(30)3-2-19-23(28)17(18(24)12-27-19)6-9-29-7-4-15(5-8-29)25-11-16-10-21-20(13-26-16)31-14-32-21/h2-3,10,12-13,15,25H,4-9,11,14H2,1H3. The molecule has 7 nitrogen and oxygen atoms in total. The highest BCUT2D eigenvalue weighted by Gasteiger charge is 2.20. The highest BCUT2D eigenvalue weighted by molar-refractivity contribution is 7.99. The molecule has 0 aromatic carbocycles. The summed E-state index contributed by atoms with van der Waals surface area (Å²) in [7, 11) is 1.78. The van der Waals surface area contributed by atoms with Gasteiger partial charge in [-0.1, -0.05) is 23.4 Å². The first kappa shape index (κ1) is 21.7. The third-order valence-electron chi connectivity index (χ3n) is 6.34. The number of piperidine rings is 1. The minimum absolute atomic E-state index is 0.0429. The highest BCUT2D eigenvalue weighted by Crippen LogP contribution is 2.35. The number of ether oxygens (including phenoxy) is 1. The molecule has 5 heterocycles. The fourth-order valence-corrected chi connectivity index (χ4v) is 5.48. The van der Waals surface area contributed by atoms with Crippen LogP contribution in [-0.4, -0.2) is 51.0 Å². The molecule has 1 fully saturated rings. The van der Waals surface area contributed by atoms with Crippen LogP contribution in [0.25, 0.3) is 11.0 Å². The Balaban J connectivity index is 1.15. The predicted octanol–water partition coefficient (Wildman–Crippen LogP) is 3.22. The molecule has 2 aliphatic rings. The zero-order chi connectivity index (χ0) is 22.1. The topological polar surface area (TPSA) is 72.3 Å².